The number of hydrogen-bond donors (Lipinski definition) is 3. The normalized spacial score (nSPS) is 14.5. The Morgan fingerprint density at radius 3 is 1.66 bits per heavy atom. The van der Waals surface area contributed by atoms with Crippen LogP contribution in [0.3, 0.4) is 0 Å². The number of amides is 7. The van der Waals surface area contributed by atoms with Crippen LogP contribution in [0.4, 0.5) is 5.69 Å². The maximum atomic E-state index is 14.5. The van der Waals surface area contributed by atoms with Crippen LogP contribution in [0.25, 0.3) is 0 Å². The van der Waals surface area contributed by atoms with E-state index in [4.69, 9.17) is 29.4 Å². The fourth-order valence-electron chi connectivity index (χ4n) is 9.21. The van der Waals surface area contributed by atoms with Crippen LogP contribution in [-0.2, 0) is 80.4 Å². The number of nitro groups is 1. The van der Waals surface area contributed by atoms with Gasteiger partial charge in [0.15, 0.2) is 0 Å². The molecule has 1 aliphatic rings. The van der Waals surface area contributed by atoms with Crippen molar-refractivity contribution in [3.8, 4) is 0 Å². The SMILES string of the molecule is COCCN(CC(=O)N(CCOC)CC(=O)N(CCOC)CC(=O)N(CCc1ccc(Br)cc1)CC(=O)N(CCOC)CC(=O)N[C@H]1CCOC1=O)C(=O)/C=C/[C@@H](C(C)C)[C@](C)(NC(=O)[C@@H](N)Cc1ccccc1)c1ccc([N+](=O)[O-])cc1. The maximum absolute atomic E-state index is 14.5. The number of esters is 1. The highest BCUT2D eigenvalue weighted by Gasteiger charge is 2.40. The van der Waals surface area contributed by atoms with Gasteiger partial charge >= 0.3 is 5.97 Å². The summed E-state index contributed by atoms with van der Waals surface area (Å²) < 4.78 is 27.0. The highest BCUT2D eigenvalue weighted by Crippen LogP contribution is 2.37. The summed E-state index contributed by atoms with van der Waals surface area (Å²) in [6.45, 7) is 2.97. The molecule has 0 aliphatic carbocycles. The van der Waals surface area contributed by atoms with Crippen LogP contribution in [0, 0.1) is 22.0 Å². The van der Waals surface area contributed by atoms with E-state index >= 15 is 0 Å². The summed E-state index contributed by atoms with van der Waals surface area (Å²) in [5.41, 5.74) is 7.21. The number of hydrogen-bond acceptors (Lipinski definition) is 16. The molecule has 7 amide bonds. The molecule has 83 heavy (non-hydrogen) atoms. The minimum Gasteiger partial charge on any atom is -0.464 e. The average Bonchev–Trinajstić information content (AvgIpc) is 3.75. The lowest BCUT2D eigenvalue weighted by Crippen LogP contribution is -2.55. The standard InChI is InChI=1S/C58H80BrN9O15/c1-41(2)47(58(3,44-15-19-46(20-16-44)68(77)78)62-56(75)48(60)35-43-11-9-8-10-12-43)21-22-51(70)65(27-32-80-5)38-54(73)67(29-34-82-7)40-55(74)66(28-33-81-6)39-52(71)63(25-23-42-13-17-45(59)18-14-42)37-53(72)64(26-31-79-4)36-50(69)61-49-24-30-83-57(49)76/h8-22,41,47-49H,23-40,60H2,1-7H3,(H,61,69)(H,62,75)/b22-21+/t47-,48-,49-,58+/m0/s1. The molecule has 454 valence electrons. The number of cyclic esters (lactones) is 1. The molecule has 0 saturated carbocycles. The third-order valence-electron chi connectivity index (χ3n) is 14.0. The minimum absolute atomic E-state index is 0.00571. The van der Waals surface area contributed by atoms with Gasteiger partial charge in [0.2, 0.25) is 41.4 Å². The van der Waals surface area contributed by atoms with Gasteiger partial charge in [-0.3, -0.25) is 43.7 Å². The Hall–Kier alpha value is -7.16. The number of carbonyl (C=O) groups is 8. The van der Waals surface area contributed by atoms with Gasteiger partial charge in [-0.1, -0.05) is 78.3 Å². The van der Waals surface area contributed by atoms with Crippen LogP contribution in [0.15, 0.2) is 95.5 Å². The molecule has 4 atom stereocenters. The monoisotopic (exact) mass is 1220 g/mol. The molecule has 0 spiro atoms. The van der Waals surface area contributed by atoms with Crippen LogP contribution >= 0.6 is 15.9 Å². The van der Waals surface area contributed by atoms with Gasteiger partial charge in [0.05, 0.1) is 75.7 Å². The van der Waals surface area contributed by atoms with E-state index in [9.17, 15) is 48.5 Å². The average molecular weight is 1220 g/mol. The zero-order valence-corrected chi connectivity index (χ0v) is 50.0. The predicted octanol–water partition coefficient (Wildman–Crippen LogP) is 2.49. The summed E-state index contributed by atoms with van der Waals surface area (Å²) in [5.74, 6) is -5.73. The fourth-order valence-corrected chi connectivity index (χ4v) is 9.47. The van der Waals surface area contributed by atoms with Gasteiger partial charge in [0.25, 0.3) is 5.69 Å². The number of halogens is 1. The molecule has 25 heteroatoms. The Kier molecular flexibility index (Phi) is 28.9. The van der Waals surface area contributed by atoms with Crippen LogP contribution < -0.4 is 16.4 Å². The van der Waals surface area contributed by atoms with Gasteiger partial charge in [0, 0.05) is 90.1 Å². The zero-order valence-electron chi connectivity index (χ0n) is 48.5. The van der Waals surface area contributed by atoms with Gasteiger partial charge in [-0.15, -0.1) is 0 Å². The van der Waals surface area contributed by atoms with Crippen molar-refractivity contribution in [1.29, 1.82) is 0 Å². The second kappa shape index (κ2) is 35.1. The first kappa shape index (κ1) is 68.3. The third kappa shape index (κ3) is 22.2. The van der Waals surface area contributed by atoms with E-state index in [0.29, 0.717) is 12.0 Å². The number of nitrogens with two attached hydrogens (primary N) is 1. The number of nitro benzene ring substituents is 1. The summed E-state index contributed by atoms with van der Waals surface area (Å²) >= 11 is 3.43. The summed E-state index contributed by atoms with van der Waals surface area (Å²) in [6.07, 6.45) is 3.73. The van der Waals surface area contributed by atoms with E-state index in [2.05, 4.69) is 26.6 Å². The van der Waals surface area contributed by atoms with Gasteiger partial charge in [-0.2, -0.15) is 0 Å². The smallest absolute Gasteiger partial charge is 0.328 e. The lowest BCUT2D eigenvalue weighted by molar-refractivity contribution is -0.384. The second-order valence-corrected chi connectivity index (χ2v) is 21.3. The van der Waals surface area contributed by atoms with Crippen molar-refractivity contribution < 1.29 is 67.0 Å². The van der Waals surface area contributed by atoms with Crippen LogP contribution in [0.5, 0.6) is 0 Å². The van der Waals surface area contributed by atoms with Crippen LogP contribution in [-0.4, -0.2) is 216 Å². The van der Waals surface area contributed by atoms with Crippen molar-refractivity contribution in [1.82, 2.24) is 35.1 Å². The number of non-ortho nitro benzene ring substituents is 1. The van der Waals surface area contributed by atoms with Gasteiger partial charge in [-0.25, -0.2) is 4.79 Å². The van der Waals surface area contributed by atoms with Crippen LogP contribution in [0.1, 0.15) is 43.9 Å². The van der Waals surface area contributed by atoms with E-state index < -0.39 is 109 Å². The summed E-state index contributed by atoms with van der Waals surface area (Å²) in [6, 6.07) is 20.5. The van der Waals surface area contributed by atoms with Crippen molar-refractivity contribution >= 4 is 68.9 Å². The fraction of sp³-hybridized carbons (Fsp3) is 0.517. The number of methoxy groups -OCH3 is 4. The molecule has 4 rings (SSSR count). The summed E-state index contributed by atoms with van der Waals surface area (Å²) in [7, 11) is 5.70. The lowest BCUT2D eigenvalue weighted by Gasteiger charge is -2.40. The molecule has 0 aromatic heterocycles. The highest BCUT2D eigenvalue weighted by molar-refractivity contribution is 9.10. The summed E-state index contributed by atoms with van der Waals surface area (Å²) in [5, 5.41) is 17.4. The number of nitrogens with one attached hydrogen (secondary N) is 2. The third-order valence-corrected chi connectivity index (χ3v) is 14.5. The quantitative estimate of drug-likeness (QED) is 0.0326. The number of benzene rings is 3. The maximum Gasteiger partial charge on any atom is 0.328 e. The first-order chi connectivity index (χ1) is 39.6. The lowest BCUT2D eigenvalue weighted by atomic mass is 9.73. The van der Waals surface area contributed by atoms with Gasteiger partial charge in [-0.05, 0) is 72.7 Å². The van der Waals surface area contributed by atoms with E-state index in [1.807, 2.05) is 68.4 Å². The molecule has 1 aliphatic heterocycles. The second-order valence-electron chi connectivity index (χ2n) is 20.4. The molecule has 1 fully saturated rings. The van der Waals surface area contributed by atoms with Crippen LogP contribution in [0.2, 0.25) is 0 Å². The largest absolute Gasteiger partial charge is 0.464 e. The van der Waals surface area contributed by atoms with Crippen molar-refractivity contribution in [2.45, 2.75) is 57.7 Å². The van der Waals surface area contributed by atoms with Gasteiger partial charge in [0.1, 0.15) is 12.6 Å². The molecular weight excluding hydrogens is 1140 g/mol. The molecule has 0 unspecified atom stereocenters. The Labute approximate surface area is 493 Å². The molecule has 3 aromatic carbocycles. The number of carbonyl (C=O) groups excluding carboxylic acids is 8. The van der Waals surface area contributed by atoms with E-state index in [1.54, 1.807) is 25.1 Å². The minimum atomic E-state index is -1.28. The molecular formula is C58H80BrN9O15. The van der Waals surface area contributed by atoms with Crippen molar-refractivity contribution in [2.75, 3.05) is 127 Å². The molecule has 3 aromatic rings. The highest BCUT2D eigenvalue weighted by atomic mass is 79.9. The van der Waals surface area contributed by atoms with E-state index in [1.165, 1.54) is 71.1 Å². The Morgan fingerprint density at radius 1 is 0.711 bits per heavy atom. The zero-order chi connectivity index (χ0) is 61.1. The van der Waals surface area contributed by atoms with Crippen molar-refractivity contribution in [3.63, 3.8) is 0 Å². The Bertz CT molecular complexity index is 2650. The Morgan fingerprint density at radius 2 is 1.19 bits per heavy atom. The molecule has 1 heterocycles. The first-order valence-electron chi connectivity index (χ1n) is 27.2. The van der Waals surface area contributed by atoms with Gasteiger partial charge < -0.3 is 64.6 Å². The molecule has 1 saturated heterocycles. The predicted molar refractivity (Wildman–Crippen MR) is 310 cm³/mol. The summed E-state index contributed by atoms with van der Waals surface area (Å²) in [4.78, 5) is 128. The first-order valence-corrected chi connectivity index (χ1v) is 28.0. The molecule has 24 nitrogen and oxygen atoms in total. The van der Waals surface area contributed by atoms with Crippen molar-refractivity contribution in [2.24, 2.45) is 17.6 Å². The molecule has 0 bridgehead atoms. The number of ether oxygens (including phenoxy) is 5. The Balaban J connectivity index is 1.60. The van der Waals surface area contributed by atoms with Crippen molar-refractivity contribution in [3.05, 3.63) is 122 Å². The number of nitrogens with zero attached hydrogens (tertiary/aromatic N) is 6. The van der Waals surface area contributed by atoms with E-state index in [0.717, 1.165) is 15.6 Å². The molecule has 0 radical (unpaired) electrons. The molecule has 4 N–H and O–H groups in total. The topological polar surface area (TPSA) is 292 Å². The van der Waals surface area contributed by atoms with E-state index in [-0.39, 0.29) is 90.2 Å². The number of rotatable bonds is 36.